The maximum Gasteiger partial charge on any atom is 0.226 e. The van der Waals surface area contributed by atoms with E-state index in [2.05, 4.69) is 10.3 Å². The fraction of sp³-hybridized carbons (Fsp3) is 0.429. The number of benzene rings is 1. The number of ether oxygens (including phenoxy) is 1. The highest BCUT2D eigenvalue weighted by molar-refractivity contribution is 5.79. The van der Waals surface area contributed by atoms with Crippen LogP contribution in [0.2, 0.25) is 0 Å². The molecular formula is C21H25N3O3. The molecule has 142 valence electrons. The zero-order chi connectivity index (χ0) is 18.6. The number of phenolic OH excluding ortho intramolecular Hbond substituents is 1. The molecule has 3 heterocycles. The van der Waals surface area contributed by atoms with E-state index in [1.807, 2.05) is 23.1 Å². The van der Waals surface area contributed by atoms with Crippen LogP contribution in [0.25, 0.3) is 11.1 Å². The van der Waals surface area contributed by atoms with Crippen molar-refractivity contribution in [3.05, 3.63) is 42.2 Å². The van der Waals surface area contributed by atoms with E-state index in [4.69, 9.17) is 4.74 Å². The smallest absolute Gasteiger partial charge is 0.226 e. The first-order valence-corrected chi connectivity index (χ1v) is 9.61. The Bertz CT molecular complexity index is 802. The molecule has 0 saturated carbocycles. The van der Waals surface area contributed by atoms with Gasteiger partial charge in [-0.25, -0.2) is 0 Å². The molecule has 1 amide bonds. The van der Waals surface area contributed by atoms with Gasteiger partial charge in [-0.3, -0.25) is 9.78 Å². The molecule has 1 aromatic carbocycles. The number of phenols is 1. The third kappa shape index (κ3) is 3.90. The highest BCUT2D eigenvalue weighted by Gasteiger charge is 2.28. The lowest BCUT2D eigenvalue weighted by Crippen LogP contribution is -2.37. The van der Waals surface area contributed by atoms with Gasteiger partial charge in [0.1, 0.15) is 6.61 Å². The van der Waals surface area contributed by atoms with Gasteiger partial charge in [-0.2, -0.15) is 0 Å². The molecule has 27 heavy (non-hydrogen) atoms. The van der Waals surface area contributed by atoms with Crippen molar-refractivity contribution in [3.8, 4) is 22.6 Å². The van der Waals surface area contributed by atoms with Crippen molar-refractivity contribution in [1.29, 1.82) is 0 Å². The van der Waals surface area contributed by atoms with Gasteiger partial charge < -0.3 is 20.1 Å². The van der Waals surface area contributed by atoms with Crippen molar-refractivity contribution in [2.45, 2.75) is 25.8 Å². The van der Waals surface area contributed by atoms with E-state index < -0.39 is 0 Å². The summed E-state index contributed by atoms with van der Waals surface area (Å²) in [6.07, 6.45) is 6.32. The number of pyridine rings is 1. The molecule has 2 N–H and O–H groups in total. The van der Waals surface area contributed by atoms with E-state index in [9.17, 15) is 9.90 Å². The zero-order valence-electron chi connectivity index (χ0n) is 15.4. The van der Waals surface area contributed by atoms with Gasteiger partial charge in [0, 0.05) is 36.0 Å². The Morgan fingerprint density at radius 1 is 1.26 bits per heavy atom. The minimum Gasteiger partial charge on any atom is -0.504 e. The Kier molecular flexibility index (Phi) is 5.25. The minimum absolute atomic E-state index is 0.0663. The zero-order valence-corrected chi connectivity index (χ0v) is 15.4. The summed E-state index contributed by atoms with van der Waals surface area (Å²) in [4.78, 5) is 19.1. The van der Waals surface area contributed by atoms with Crippen LogP contribution in [-0.2, 0) is 11.3 Å². The number of fused-ring (bicyclic) bond motifs is 1. The second kappa shape index (κ2) is 7.96. The molecule has 2 aromatic rings. The van der Waals surface area contributed by atoms with E-state index in [0.29, 0.717) is 25.4 Å². The van der Waals surface area contributed by atoms with E-state index in [1.165, 1.54) is 0 Å². The number of nitrogens with zero attached hydrogens (tertiary/aromatic N) is 2. The van der Waals surface area contributed by atoms with Gasteiger partial charge >= 0.3 is 0 Å². The maximum absolute atomic E-state index is 13.1. The van der Waals surface area contributed by atoms with Crippen molar-refractivity contribution in [2.24, 2.45) is 5.92 Å². The summed E-state index contributed by atoms with van der Waals surface area (Å²) in [5, 5.41) is 13.8. The normalized spacial score (nSPS) is 20.1. The van der Waals surface area contributed by atoms with Gasteiger partial charge in [-0.05, 0) is 56.1 Å². The van der Waals surface area contributed by atoms with Crippen LogP contribution in [0.15, 0.2) is 36.7 Å². The van der Waals surface area contributed by atoms with Gasteiger partial charge in [0.05, 0.1) is 6.54 Å². The van der Waals surface area contributed by atoms with Gasteiger partial charge in [-0.15, -0.1) is 0 Å². The molecule has 6 nitrogen and oxygen atoms in total. The summed E-state index contributed by atoms with van der Waals surface area (Å²) in [5.74, 6) is 0.859. The number of aromatic nitrogens is 1. The molecule has 0 aliphatic carbocycles. The number of carbonyl (C=O) groups is 1. The summed E-state index contributed by atoms with van der Waals surface area (Å²) in [7, 11) is 0. The number of hydrogen-bond acceptors (Lipinski definition) is 5. The highest BCUT2D eigenvalue weighted by Crippen LogP contribution is 2.37. The molecule has 2 aliphatic heterocycles. The molecule has 6 heteroatoms. The number of carbonyl (C=O) groups excluding carboxylic acids is 1. The Hall–Kier alpha value is -2.60. The second-order valence-electron chi connectivity index (χ2n) is 7.21. The first kappa shape index (κ1) is 17.8. The Labute approximate surface area is 159 Å². The molecular weight excluding hydrogens is 342 g/mol. The van der Waals surface area contributed by atoms with Crippen molar-refractivity contribution in [3.63, 3.8) is 0 Å². The molecule has 1 fully saturated rings. The molecule has 0 bridgehead atoms. The number of hydrogen-bond donors (Lipinski definition) is 2. The third-order valence-corrected chi connectivity index (χ3v) is 5.35. The van der Waals surface area contributed by atoms with Gasteiger partial charge in [0.25, 0.3) is 0 Å². The molecule has 4 rings (SSSR count). The van der Waals surface area contributed by atoms with Crippen LogP contribution in [-0.4, -0.2) is 47.1 Å². The van der Waals surface area contributed by atoms with Crippen LogP contribution >= 0.6 is 0 Å². The van der Waals surface area contributed by atoms with Crippen molar-refractivity contribution in [2.75, 3.05) is 26.2 Å². The summed E-state index contributed by atoms with van der Waals surface area (Å²) in [5.41, 5.74) is 2.63. The largest absolute Gasteiger partial charge is 0.504 e. The summed E-state index contributed by atoms with van der Waals surface area (Å²) in [6, 6.07) is 7.51. The molecule has 2 aliphatic rings. The summed E-state index contributed by atoms with van der Waals surface area (Å²) in [6.45, 7) is 3.27. The van der Waals surface area contributed by atoms with Gasteiger partial charge in [-0.1, -0.05) is 6.07 Å². The van der Waals surface area contributed by atoms with Crippen LogP contribution in [0.5, 0.6) is 11.5 Å². The summed E-state index contributed by atoms with van der Waals surface area (Å²) < 4.78 is 5.79. The Balaban J connectivity index is 1.60. The van der Waals surface area contributed by atoms with Gasteiger partial charge in [0.15, 0.2) is 11.5 Å². The first-order chi connectivity index (χ1) is 13.2. The number of amides is 1. The maximum atomic E-state index is 13.1. The lowest BCUT2D eigenvalue weighted by molar-refractivity contribution is -0.136. The SMILES string of the molecule is O=C([C@@H]1CCCNCC1)N1CCOc2c(O)cc(-c3cccnc3)cc2C1. The summed E-state index contributed by atoms with van der Waals surface area (Å²) >= 11 is 0. The fourth-order valence-corrected chi connectivity index (χ4v) is 3.91. The minimum atomic E-state index is 0.0663. The Morgan fingerprint density at radius 3 is 3.04 bits per heavy atom. The van der Waals surface area contributed by atoms with E-state index in [0.717, 1.165) is 49.0 Å². The number of rotatable bonds is 2. The quantitative estimate of drug-likeness (QED) is 0.853. The molecule has 0 spiro atoms. The molecule has 1 atom stereocenters. The molecule has 0 unspecified atom stereocenters. The fourth-order valence-electron chi connectivity index (χ4n) is 3.91. The first-order valence-electron chi connectivity index (χ1n) is 9.61. The van der Waals surface area contributed by atoms with E-state index in [-0.39, 0.29) is 17.6 Å². The van der Waals surface area contributed by atoms with Crippen LogP contribution in [0.3, 0.4) is 0 Å². The Morgan fingerprint density at radius 2 is 2.19 bits per heavy atom. The average molecular weight is 367 g/mol. The monoisotopic (exact) mass is 367 g/mol. The van der Waals surface area contributed by atoms with Gasteiger partial charge in [0.2, 0.25) is 5.91 Å². The number of aromatic hydroxyl groups is 1. The van der Waals surface area contributed by atoms with Crippen LogP contribution in [0.1, 0.15) is 24.8 Å². The van der Waals surface area contributed by atoms with Crippen LogP contribution < -0.4 is 10.1 Å². The number of nitrogens with one attached hydrogen (secondary N) is 1. The van der Waals surface area contributed by atoms with Crippen LogP contribution in [0, 0.1) is 5.92 Å². The lowest BCUT2D eigenvalue weighted by Gasteiger charge is -2.25. The van der Waals surface area contributed by atoms with Crippen molar-refractivity contribution >= 4 is 5.91 Å². The predicted molar refractivity (Wildman–Crippen MR) is 102 cm³/mol. The topological polar surface area (TPSA) is 74.7 Å². The molecule has 1 aromatic heterocycles. The standard InChI is InChI=1S/C21H25N3O3/c25-19-12-17(16-4-2-7-23-13-16)11-18-14-24(9-10-27-20(18)19)21(26)15-3-1-6-22-8-5-15/h2,4,7,11-13,15,22,25H,1,3,5-6,8-10,14H2/t15-/m1/s1. The third-order valence-electron chi connectivity index (χ3n) is 5.35. The lowest BCUT2D eigenvalue weighted by atomic mass is 9.98. The van der Waals surface area contributed by atoms with Crippen molar-refractivity contribution in [1.82, 2.24) is 15.2 Å². The molecule has 0 radical (unpaired) electrons. The van der Waals surface area contributed by atoms with Crippen molar-refractivity contribution < 1.29 is 14.6 Å². The average Bonchev–Trinajstić information content (AvgIpc) is 3.09. The van der Waals surface area contributed by atoms with E-state index >= 15 is 0 Å². The van der Waals surface area contributed by atoms with Crippen LogP contribution in [0.4, 0.5) is 0 Å². The highest BCUT2D eigenvalue weighted by atomic mass is 16.5. The van der Waals surface area contributed by atoms with E-state index in [1.54, 1.807) is 18.5 Å². The molecule has 1 saturated heterocycles. The predicted octanol–water partition coefficient (Wildman–Crippen LogP) is 2.56. The second-order valence-corrected chi connectivity index (χ2v) is 7.21.